The van der Waals surface area contributed by atoms with E-state index in [-0.39, 0.29) is 11.8 Å². The molecular formula is C21H36N2O3. The number of rotatable bonds is 10. The number of amides is 1. The van der Waals surface area contributed by atoms with E-state index in [0.29, 0.717) is 0 Å². The van der Waals surface area contributed by atoms with Crippen molar-refractivity contribution in [3.63, 3.8) is 0 Å². The zero-order valence-corrected chi connectivity index (χ0v) is 17.2. The van der Waals surface area contributed by atoms with Crippen molar-refractivity contribution >= 4 is 5.91 Å². The Labute approximate surface area is 159 Å². The van der Waals surface area contributed by atoms with Gasteiger partial charge in [-0.3, -0.25) is 4.79 Å². The Hall–Kier alpha value is -1.49. The van der Waals surface area contributed by atoms with Crippen LogP contribution in [0.25, 0.3) is 0 Å². The van der Waals surface area contributed by atoms with Crippen LogP contribution in [0.3, 0.4) is 0 Å². The van der Waals surface area contributed by atoms with E-state index >= 15 is 0 Å². The molecule has 1 fully saturated rings. The third-order valence-electron chi connectivity index (χ3n) is 5.57. The molecule has 2 aliphatic rings. The molecular weight excluding hydrogens is 328 g/mol. The van der Waals surface area contributed by atoms with Crippen molar-refractivity contribution in [2.75, 3.05) is 47.9 Å². The summed E-state index contributed by atoms with van der Waals surface area (Å²) < 4.78 is 11.4. The van der Waals surface area contributed by atoms with Crippen LogP contribution in [0.5, 0.6) is 0 Å². The van der Waals surface area contributed by atoms with Gasteiger partial charge in [0.25, 0.3) is 0 Å². The molecule has 148 valence electrons. The van der Waals surface area contributed by atoms with E-state index in [9.17, 15) is 4.79 Å². The molecule has 1 saturated heterocycles. The number of hydrogen-bond donors (Lipinski definition) is 0. The van der Waals surface area contributed by atoms with Gasteiger partial charge >= 0.3 is 0 Å². The van der Waals surface area contributed by atoms with Gasteiger partial charge in [-0.2, -0.15) is 0 Å². The van der Waals surface area contributed by atoms with E-state index in [0.717, 1.165) is 56.8 Å². The van der Waals surface area contributed by atoms with Gasteiger partial charge in [-0.1, -0.05) is 26.2 Å². The molecule has 5 nitrogen and oxygen atoms in total. The highest BCUT2D eigenvalue weighted by molar-refractivity contribution is 5.89. The van der Waals surface area contributed by atoms with Crippen LogP contribution in [0, 0.1) is 11.3 Å². The Bertz CT molecular complexity index is 517. The van der Waals surface area contributed by atoms with E-state index in [1.54, 1.807) is 14.2 Å². The second kappa shape index (κ2) is 9.45. The van der Waals surface area contributed by atoms with Crippen molar-refractivity contribution in [3.05, 3.63) is 23.7 Å². The average molecular weight is 365 g/mol. The number of carbonyl (C=O) groups excluding carboxylic acids is 1. The zero-order valence-electron chi connectivity index (χ0n) is 17.2. The van der Waals surface area contributed by atoms with Gasteiger partial charge in [-0.05, 0) is 52.1 Å². The monoisotopic (exact) mass is 364 g/mol. The van der Waals surface area contributed by atoms with E-state index in [1.807, 2.05) is 4.90 Å². The van der Waals surface area contributed by atoms with Crippen molar-refractivity contribution in [1.82, 2.24) is 9.80 Å². The molecule has 1 heterocycles. The third kappa shape index (κ3) is 4.61. The van der Waals surface area contributed by atoms with Crippen LogP contribution in [0.2, 0.25) is 0 Å². The van der Waals surface area contributed by atoms with E-state index in [4.69, 9.17) is 9.47 Å². The number of hydrogen-bond acceptors (Lipinski definition) is 4. The summed E-state index contributed by atoms with van der Waals surface area (Å²) in [7, 11) is 7.54. The van der Waals surface area contributed by atoms with Crippen LogP contribution < -0.4 is 0 Å². The SMILES string of the molecule is CCCCCC1C(OC)=CC2(C=C1OC)CCN(CCCN(C)C)C2=O. The van der Waals surface area contributed by atoms with Gasteiger partial charge in [-0.15, -0.1) is 0 Å². The van der Waals surface area contributed by atoms with Gasteiger partial charge in [-0.25, -0.2) is 0 Å². The number of nitrogens with zero attached hydrogens (tertiary/aromatic N) is 2. The number of unbranched alkanes of at least 4 members (excludes halogenated alkanes) is 2. The van der Waals surface area contributed by atoms with Crippen LogP contribution in [0.15, 0.2) is 23.7 Å². The van der Waals surface area contributed by atoms with Gasteiger partial charge in [0.05, 0.1) is 25.6 Å². The Balaban J connectivity index is 2.14. The summed E-state index contributed by atoms with van der Waals surface area (Å²) in [6, 6.07) is 0. The highest BCUT2D eigenvalue weighted by Crippen LogP contribution is 2.44. The second-order valence-electron chi connectivity index (χ2n) is 7.79. The molecule has 0 aromatic carbocycles. The largest absolute Gasteiger partial charge is 0.501 e. The van der Waals surface area contributed by atoms with Crippen LogP contribution in [-0.4, -0.2) is 63.7 Å². The molecule has 1 amide bonds. The molecule has 0 radical (unpaired) electrons. The van der Waals surface area contributed by atoms with Crippen molar-refractivity contribution in [3.8, 4) is 0 Å². The molecule has 1 aliphatic heterocycles. The van der Waals surface area contributed by atoms with Crippen molar-refractivity contribution in [2.24, 2.45) is 11.3 Å². The molecule has 1 aliphatic carbocycles. The van der Waals surface area contributed by atoms with E-state index < -0.39 is 5.41 Å². The molecule has 0 saturated carbocycles. The molecule has 0 aromatic rings. The molecule has 26 heavy (non-hydrogen) atoms. The lowest BCUT2D eigenvalue weighted by Gasteiger charge is -2.32. The van der Waals surface area contributed by atoms with Gasteiger partial charge in [0, 0.05) is 13.1 Å². The first-order valence-electron chi connectivity index (χ1n) is 9.95. The first-order valence-corrected chi connectivity index (χ1v) is 9.95. The Morgan fingerprint density at radius 2 is 1.81 bits per heavy atom. The second-order valence-corrected chi connectivity index (χ2v) is 7.79. The van der Waals surface area contributed by atoms with Gasteiger partial charge < -0.3 is 19.3 Å². The molecule has 0 bridgehead atoms. The molecule has 0 unspecified atom stereocenters. The highest BCUT2D eigenvalue weighted by atomic mass is 16.5. The predicted molar refractivity (Wildman–Crippen MR) is 105 cm³/mol. The summed E-state index contributed by atoms with van der Waals surface area (Å²) in [6.07, 6.45) is 10.5. The topological polar surface area (TPSA) is 42.0 Å². The average Bonchev–Trinajstić information content (AvgIpc) is 2.91. The molecule has 0 aromatic heterocycles. The van der Waals surface area contributed by atoms with E-state index in [2.05, 4.69) is 38.1 Å². The van der Waals surface area contributed by atoms with Crippen LogP contribution >= 0.6 is 0 Å². The first-order chi connectivity index (χ1) is 12.5. The maximum absolute atomic E-state index is 13.2. The first kappa shape index (κ1) is 20.8. The molecule has 0 atom stereocenters. The minimum atomic E-state index is -0.587. The number of likely N-dealkylation sites (tertiary alicyclic amines) is 1. The number of ether oxygens (including phenoxy) is 2. The van der Waals surface area contributed by atoms with Crippen molar-refractivity contribution in [1.29, 1.82) is 0 Å². The fourth-order valence-electron chi connectivity index (χ4n) is 4.06. The van der Waals surface area contributed by atoms with Crippen molar-refractivity contribution < 1.29 is 14.3 Å². The molecule has 2 rings (SSSR count). The highest BCUT2D eigenvalue weighted by Gasteiger charge is 2.47. The molecule has 5 heteroatoms. The fraction of sp³-hybridized carbons (Fsp3) is 0.762. The summed E-state index contributed by atoms with van der Waals surface area (Å²) in [4.78, 5) is 17.3. The van der Waals surface area contributed by atoms with Crippen LogP contribution in [0.1, 0.15) is 45.4 Å². The summed E-state index contributed by atoms with van der Waals surface area (Å²) in [5.41, 5.74) is -0.587. The smallest absolute Gasteiger partial charge is 0.236 e. The number of carbonyl (C=O) groups is 1. The Kier molecular flexibility index (Phi) is 7.56. The Morgan fingerprint density at radius 3 is 2.35 bits per heavy atom. The van der Waals surface area contributed by atoms with E-state index in [1.165, 1.54) is 12.8 Å². The minimum absolute atomic E-state index is 0.137. The lowest BCUT2D eigenvalue weighted by molar-refractivity contribution is -0.132. The van der Waals surface area contributed by atoms with Crippen LogP contribution in [-0.2, 0) is 14.3 Å². The minimum Gasteiger partial charge on any atom is -0.501 e. The summed E-state index contributed by atoms with van der Waals surface area (Å²) in [5.74, 6) is 2.11. The standard InChI is InChI=1S/C21H36N2O3/c1-6-7-8-10-17-18(25-4)15-21(16-19(17)26-5)11-14-23(20(21)24)13-9-12-22(2)3/h15-17H,6-14H2,1-5H3. The zero-order chi connectivity index (χ0) is 19.2. The predicted octanol–water partition coefficient (Wildman–Crippen LogP) is 3.43. The maximum atomic E-state index is 13.2. The lowest BCUT2D eigenvalue weighted by atomic mass is 9.77. The number of methoxy groups -OCH3 is 2. The third-order valence-corrected chi connectivity index (χ3v) is 5.57. The van der Waals surface area contributed by atoms with Gasteiger partial charge in [0.2, 0.25) is 5.91 Å². The van der Waals surface area contributed by atoms with Crippen LogP contribution in [0.4, 0.5) is 0 Å². The normalized spacial score (nSPS) is 25.7. The molecule has 1 spiro atoms. The lowest BCUT2D eigenvalue weighted by Crippen LogP contribution is -2.36. The van der Waals surface area contributed by atoms with Gasteiger partial charge in [0.15, 0.2) is 0 Å². The van der Waals surface area contributed by atoms with Crippen molar-refractivity contribution in [2.45, 2.75) is 45.4 Å². The summed E-state index contributed by atoms with van der Waals surface area (Å²) in [6.45, 7) is 4.81. The quantitative estimate of drug-likeness (QED) is 0.557. The maximum Gasteiger partial charge on any atom is 0.236 e. The summed E-state index contributed by atoms with van der Waals surface area (Å²) >= 11 is 0. The van der Waals surface area contributed by atoms with Gasteiger partial charge in [0.1, 0.15) is 11.5 Å². The fourth-order valence-corrected chi connectivity index (χ4v) is 4.06. The Morgan fingerprint density at radius 1 is 1.15 bits per heavy atom. The molecule has 0 N–H and O–H groups in total. The summed E-state index contributed by atoms with van der Waals surface area (Å²) in [5, 5.41) is 0.